The summed E-state index contributed by atoms with van der Waals surface area (Å²) in [6.07, 6.45) is -0.383. The quantitative estimate of drug-likeness (QED) is 0.318. The highest BCUT2D eigenvalue weighted by atomic mass is 32.2. The number of benzene rings is 2. The number of sulfonamides is 1. The van der Waals surface area contributed by atoms with E-state index in [1.165, 1.54) is 12.1 Å². The molecule has 0 saturated carbocycles. The minimum absolute atomic E-state index is 0.0666. The summed E-state index contributed by atoms with van der Waals surface area (Å²) in [5.41, 5.74) is 1.06. The molecule has 0 heterocycles. The van der Waals surface area contributed by atoms with Crippen molar-refractivity contribution in [3.05, 3.63) is 65.7 Å². The third-order valence-electron chi connectivity index (χ3n) is 6.18. The molecule has 0 amide bonds. The van der Waals surface area contributed by atoms with E-state index in [-0.39, 0.29) is 16.4 Å². The van der Waals surface area contributed by atoms with Crippen molar-refractivity contribution in [2.45, 2.75) is 95.7 Å². The fourth-order valence-corrected chi connectivity index (χ4v) is 5.70. The molecule has 0 aliphatic rings. The topological polar surface area (TPSA) is 81.7 Å². The molecule has 2 atom stereocenters. The lowest BCUT2D eigenvalue weighted by molar-refractivity contribution is -0.157. The zero-order valence-electron chi connectivity index (χ0n) is 22.5. The Morgan fingerprint density at radius 3 is 1.97 bits per heavy atom. The van der Waals surface area contributed by atoms with Gasteiger partial charge in [0.15, 0.2) is 8.32 Å². The number of rotatable bonds is 9. The lowest BCUT2D eigenvalue weighted by Gasteiger charge is -2.40. The number of ether oxygens (including phenoxy) is 1. The Balaban J connectivity index is 2.47. The summed E-state index contributed by atoms with van der Waals surface area (Å²) in [5, 5.41) is -0.0666. The third kappa shape index (κ3) is 8.56. The molecule has 0 aromatic heterocycles. The molecule has 2 rings (SSSR count). The Bertz CT molecular complexity index is 1090. The van der Waals surface area contributed by atoms with Gasteiger partial charge in [-0.1, -0.05) is 68.8 Å². The number of hydrogen-bond donors (Lipinski definition) is 1. The fraction of sp³-hybridized carbons (Fsp3) is 0.519. The molecular weight excluding hydrogens is 478 g/mol. The summed E-state index contributed by atoms with van der Waals surface area (Å²) >= 11 is 0. The van der Waals surface area contributed by atoms with Crippen LogP contribution in [0.5, 0.6) is 0 Å². The molecule has 2 aromatic rings. The van der Waals surface area contributed by atoms with Gasteiger partial charge in [-0.05, 0) is 63.5 Å². The summed E-state index contributed by atoms with van der Waals surface area (Å²) in [5.74, 6) is -0.632. The Kier molecular flexibility index (Phi) is 9.14. The van der Waals surface area contributed by atoms with E-state index in [2.05, 4.69) is 38.6 Å². The van der Waals surface area contributed by atoms with Gasteiger partial charge in [0.1, 0.15) is 11.6 Å². The lowest BCUT2D eigenvalue weighted by atomic mass is 10.0. The van der Waals surface area contributed by atoms with E-state index in [0.29, 0.717) is 0 Å². The van der Waals surface area contributed by atoms with E-state index in [1.807, 2.05) is 37.3 Å². The average molecular weight is 520 g/mol. The van der Waals surface area contributed by atoms with E-state index in [9.17, 15) is 13.2 Å². The van der Waals surface area contributed by atoms with Crippen LogP contribution in [0.2, 0.25) is 18.1 Å². The van der Waals surface area contributed by atoms with Crippen molar-refractivity contribution in [3.8, 4) is 0 Å². The van der Waals surface area contributed by atoms with Crippen molar-refractivity contribution >= 4 is 24.3 Å². The molecule has 0 bridgehead atoms. The highest BCUT2D eigenvalue weighted by molar-refractivity contribution is 7.89. The standard InChI is InChI=1S/C27H41NO5SSi/c1-20-15-17-22(18-16-20)34(30,31)28-23(25(29)32-26(2,3)4)19-24(21-13-11-10-12-14-21)33-35(8,9)27(5,6)7/h10-18,23-24,28H,19H2,1-9H3/t23-,24?/m0/s1. The molecule has 35 heavy (non-hydrogen) atoms. The molecule has 1 N–H and O–H groups in total. The van der Waals surface area contributed by atoms with E-state index in [1.54, 1.807) is 32.9 Å². The van der Waals surface area contributed by atoms with Gasteiger partial charge in [-0.15, -0.1) is 0 Å². The first-order chi connectivity index (χ1) is 15.9. The van der Waals surface area contributed by atoms with Crippen LogP contribution in [0, 0.1) is 6.92 Å². The maximum absolute atomic E-state index is 13.3. The predicted octanol–water partition coefficient (Wildman–Crippen LogP) is 6.14. The van der Waals surface area contributed by atoms with Crippen LogP contribution in [-0.4, -0.2) is 34.3 Å². The molecular formula is C27H41NO5SSi. The van der Waals surface area contributed by atoms with Gasteiger partial charge in [0, 0.05) is 6.42 Å². The van der Waals surface area contributed by atoms with Gasteiger partial charge in [0.25, 0.3) is 0 Å². The summed E-state index contributed by atoms with van der Waals surface area (Å²) in [6.45, 7) is 17.9. The first-order valence-electron chi connectivity index (χ1n) is 12.0. The van der Waals surface area contributed by atoms with Gasteiger partial charge in [0.2, 0.25) is 10.0 Å². The molecule has 0 saturated heterocycles. The number of aryl methyl sites for hydroxylation is 1. The molecule has 2 aromatic carbocycles. The third-order valence-corrected chi connectivity index (χ3v) is 12.2. The van der Waals surface area contributed by atoms with Crippen molar-refractivity contribution in [2.24, 2.45) is 0 Å². The Labute approximate surface area is 212 Å². The second-order valence-corrected chi connectivity index (χ2v) is 18.0. The van der Waals surface area contributed by atoms with Crippen LogP contribution in [0.15, 0.2) is 59.5 Å². The van der Waals surface area contributed by atoms with Crippen molar-refractivity contribution in [3.63, 3.8) is 0 Å². The molecule has 0 aliphatic heterocycles. The Hall–Kier alpha value is -2.00. The predicted molar refractivity (Wildman–Crippen MR) is 143 cm³/mol. The van der Waals surface area contributed by atoms with E-state index in [4.69, 9.17) is 9.16 Å². The summed E-state index contributed by atoms with van der Waals surface area (Å²) in [4.78, 5) is 13.4. The number of carbonyl (C=O) groups is 1. The van der Waals surface area contributed by atoms with Crippen LogP contribution in [0.4, 0.5) is 0 Å². The maximum atomic E-state index is 13.3. The monoisotopic (exact) mass is 519 g/mol. The van der Waals surface area contributed by atoms with Crippen LogP contribution in [-0.2, 0) is 24.0 Å². The van der Waals surface area contributed by atoms with Gasteiger partial charge in [-0.3, -0.25) is 4.79 Å². The minimum Gasteiger partial charge on any atom is -0.459 e. The average Bonchev–Trinajstić information content (AvgIpc) is 2.71. The normalized spacial score (nSPS) is 14.9. The SMILES string of the molecule is Cc1ccc(S(=O)(=O)N[C@@H](CC(O[Si](C)(C)C(C)(C)C)c2ccccc2)C(=O)OC(C)(C)C)cc1. The van der Waals surface area contributed by atoms with Gasteiger partial charge in [-0.2, -0.15) is 4.72 Å². The second-order valence-electron chi connectivity index (χ2n) is 11.5. The molecule has 0 aliphatic carbocycles. The van der Waals surface area contributed by atoms with Crippen LogP contribution in [0.3, 0.4) is 0 Å². The number of esters is 1. The number of nitrogens with one attached hydrogen (secondary N) is 1. The molecule has 8 heteroatoms. The highest BCUT2D eigenvalue weighted by Gasteiger charge is 2.41. The second kappa shape index (κ2) is 10.9. The van der Waals surface area contributed by atoms with Gasteiger partial charge in [0.05, 0.1) is 11.0 Å². The largest absolute Gasteiger partial charge is 0.459 e. The van der Waals surface area contributed by atoms with E-state index in [0.717, 1.165) is 11.1 Å². The van der Waals surface area contributed by atoms with Crippen LogP contribution in [0.25, 0.3) is 0 Å². The fourth-order valence-electron chi connectivity index (χ4n) is 3.20. The molecule has 0 radical (unpaired) electrons. The zero-order chi connectivity index (χ0) is 26.7. The van der Waals surface area contributed by atoms with Crippen molar-refractivity contribution in [2.75, 3.05) is 0 Å². The van der Waals surface area contributed by atoms with Gasteiger partial charge >= 0.3 is 5.97 Å². The first-order valence-corrected chi connectivity index (χ1v) is 16.3. The number of hydrogen-bond acceptors (Lipinski definition) is 5. The van der Waals surface area contributed by atoms with E-state index < -0.39 is 42.1 Å². The van der Waals surface area contributed by atoms with Crippen LogP contribution < -0.4 is 4.72 Å². The summed E-state index contributed by atoms with van der Waals surface area (Å²) < 4.78 is 41.4. The highest BCUT2D eigenvalue weighted by Crippen LogP contribution is 2.41. The Morgan fingerprint density at radius 1 is 0.943 bits per heavy atom. The van der Waals surface area contributed by atoms with Crippen molar-refractivity contribution in [1.82, 2.24) is 4.72 Å². The van der Waals surface area contributed by atoms with Crippen LogP contribution >= 0.6 is 0 Å². The van der Waals surface area contributed by atoms with E-state index >= 15 is 0 Å². The minimum atomic E-state index is -3.97. The summed E-state index contributed by atoms with van der Waals surface area (Å²) in [6, 6.07) is 15.0. The zero-order valence-corrected chi connectivity index (χ0v) is 24.3. The Morgan fingerprint density at radius 2 is 1.49 bits per heavy atom. The molecule has 6 nitrogen and oxygen atoms in total. The first kappa shape index (κ1) is 29.2. The maximum Gasteiger partial charge on any atom is 0.324 e. The van der Waals surface area contributed by atoms with Crippen molar-refractivity contribution in [1.29, 1.82) is 0 Å². The molecule has 194 valence electrons. The summed E-state index contributed by atoms with van der Waals surface area (Å²) in [7, 11) is -6.23. The molecule has 0 fully saturated rings. The molecule has 1 unspecified atom stereocenters. The van der Waals surface area contributed by atoms with Crippen LogP contribution in [0.1, 0.15) is 65.2 Å². The lowest BCUT2D eigenvalue weighted by Crippen LogP contribution is -2.47. The van der Waals surface area contributed by atoms with Crippen molar-refractivity contribution < 1.29 is 22.4 Å². The smallest absolute Gasteiger partial charge is 0.324 e. The molecule has 0 spiro atoms. The van der Waals surface area contributed by atoms with Gasteiger partial charge < -0.3 is 9.16 Å². The van der Waals surface area contributed by atoms with Gasteiger partial charge in [-0.25, -0.2) is 8.42 Å². The number of carbonyl (C=O) groups excluding carboxylic acids is 1.